The Morgan fingerprint density at radius 3 is 3.06 bits per heavy atom. The van der Waals surface area contributed by atoms with Gasteiger partial charge >= 0.3 is 5.97 Å². The van der Waals surface area contributed by atoms with Crippen LogP contribution in [0.3, 0.4) is 0 Å². The number of methoxy groups -OCH3 is 1. The molecular formula is C12H19N3O2. The average Bonchev–Trinajstić information content (AvgIpc) is 2.98. The smallest absolute Gasteiger partial charge is 0.319 e. The van der Waals surface area contributed by atoms with Crippen LogP contribution in [0.4, 0.5) is 0 Å². The molecule has 1 N–H and O–H groups in total. The first kappa shape index (κ1) is 12.1. The third-order valence-corrected chi connectivity index (χ3v) is 3.17. The van der Waals surface area contributed by atoms with Crippen molar-refractivity contribution >= 4 is 5.97 Å². The standard InChI is InChI=1S/C12H19N3O2/c1-17-12(16)9-13-8-10-6-7-15(14-10)11-4-2-3-5-11/h6-7,11,13H,2-5,8-9H2,1H3. The van der Waals surface area contributed by atoms with Gasteiger partial charge in [0, 0.05) is 12.7 Å². The van der Waals surface area contributed by atoms with Crippen LogP contribution in [0.5, 0.6) is 0 Å². The number of ether oxygens (including phenoxy) is 1. The Labute approximate surface area is 101 Å². The minimum Gasteiger partial charge on any atom is -0.468 e. The summed E-state index contributed by atoms with van der Waals surface area (Å²) in [4.78, 5) is 10.9. The minimum atomic E-state index is -0.250. The first-order valence-electron chi connectivity index (χ1n) is 6.11. The summed E-state index contributed by atoms with van der Waals surface area (Å²) in [5.41, 5.74) is 0.973. The minimum absolute atomic E-state index is 0.229. The van der Waals surface area contributed by atoms with E-state index in [2.05, 4.69) is 19.8 Å². The van der Waals surface area contributed by atoms with Gasteiger partial charge in [0.15, 0.2) is 0 Å². The fraction of sp³-hybridized carbons (Fsp3) is 0.667. The Morgan fingerprint density at radius 2 is 2.35 bits per heavy atom. The lowest BCUT2D eigenvalue weighted by Crippen LogP contribution is -2.23. The van der Waals surface area contributed by atoms with E-state index in [4.69, 9.17) is 0 Å². The molecule has 1 aromatic rings. The van der Waals surface area contributed by atoms with Crippen LogP contribution in [0.25, 0.3) is 0 Å². The molecule has 1 aromatic heterocycles. The summed E-state index contributed by atoms with van der Waals surface area (Å²) < 4.78 is 6.61. The van der Waals surface area contributed by atoms with Crippen LogP contribution in [0.1, 0.15) is 37.4 Å². The summed E-state index contributed by atoms with van der Waals surface area (Å²) in [5.74, 6) is -0.250. The van der Waals surface area contributed by atoms with Crippen LogP contribution in [0.15, 0.2) is 12.3 Å². The van der Waals surface area contributed by atoms with Crippen LogP contribution in [0.2, 0.25) is 0 Å². The van der Waals surface area contributed by atoms with Crippen LogP contribution in [0, 0.1) is 0 Å². The molecule has 2 rings (SSSR count). The van der Waals surface area contributed by atoms with E-state index in [9.17, 15) is 4.79 Å². The fourth-order valence-electron chi connectivity index (χ4n) is 2.21. The molecule has 5 nitrogen and oxygen atoms in total. The zero-order valence-electron chi connectivity index (χ0n) is 10.2. The summed E-state index contributed by atoms with van der Waals surface area (Å²) in [6, 6.07) is 2.58. The van der Waals surface area contributed by atoms with Crippen LogP contribution >= 0.6 is 0 Å². The van der Waals surface area contributed by atoms with E-state index in [1.165, 1.54) is 32.8 Å². The molecule has 0 unspecified atom stereocenters. The second-order valence-electron chi connectivity index (χ2n) is 4.41. The van der Waals surface area contributed by atoms with E-state index in [-0.39, 0.29) is 12.5 Å². The molecule has 1 aliphatic carbocycles. The van der Waals surface area contributed by atoms with E-state index in [1.807, 2.05) is 12.3 Å². The molecule has 1 saturated carbocycles. The van der Waals surface area contributed by atoms with Crippen molar-refractivity contribution in [2.24, 2.45) is 0 Å². The van der Waals surface area contributed by atoms with Gasteiger partial charge in [-0.3, -0.25) is 9.48 Å². The number of hydrogen-bond acceptors (Lipinski definition) is 4. The third-order valence-electron chi connectivity index (χ3n) is 3.17. The maximum atomic E-state index is 10.9. The summed E-state index contributed by atoms with van der Waals surface area (Å²) >= 11 is 0. The number of nitrogens with zero attached hydrogens (tertiary/aromatic N) is 2. The topological polar surface area (TPSA) is 56.1 Å². The van der Waals surface area contributed by atoms with Crippen molar-refractivity contribution in [3.8, 4) is 0 Å². The monoisotopic (exact) mass is 237 g/mol. The van der Waals surface area contributed by atoms with E-state index >= 15 is 0 Å². The van der Waals surface area contributed by atoms with E-state index in [0.29, 0.717) is 12.6 Å². The van der Waals surface area contributed by atoms with Crippen LogP contribution < -0.4 is 5.32 Å². The number of carbonyl (C=O) groups excluding carboxylic acids is 1. The van der Waals surface area contributed by atoms with Gasteiger partial charge in [0.2, 0.25) is 0 Å². The van der Waals surface area contributed by atoms with E-state index in [1.54, 1.807) is 0 Å². The third kappa shape index (κ3) is 3.30. The molecular weight excluding hydrogens is 218 g/mol. The average molecular weight is 237 g/mol. The van der Waals surface area contributed by atoms with E-state index in [0.717, 1.165) is 5.69 Å². The largest absolute Gasteiger partial charge is 0.468 e. The molecule has 0 aromatic carbocycles. The SMILES string of the molecule is COC(=O)CNCc1ccn(C2CCCC2)n1. The molecule has 0 spiro atoms. The molecule has 0 atom stereocenters. The van der Waals surface area contributed by atoms with Gasteiger partial charge in [-0.1, -0.05) is 12.8 Å². The second kappa shape index (κ2) is 5.82. The van der Waals surface area contributed by atoms with Gasteiger partial charge in [-0.05, 0) is 18.9 Å². The van der Waals surface area contributed by atoms with Crippen molar-refractivity contribution < 1.29 is 9.53 Å². The number of rotatable bonds is 5. The van der Waals surface area contributed by atoms with Crippen molar-refractivity contribution in [1.29, 1.82) is 0 Å². The quantitative estimate of drug-likeness (QED) is 0.783. The normalized spacial score (nSPS) is 16.3. The van der Waals surface area contributed by atoms with Crippen molar-refractivity contribution in [3.05, 3.63) is 18.0 Å². The summed E-state index contributed by atoms with van der Waals surface area (Å²) in [7, 11) is 1.39. The predicted molar refractivity (Wildman–Crippen MR) is 63.5 cm³/mol. The first-order valence-corrected chi connectivity index (χ1v) is 6.11. The Balaban J connectivity index is 1.79. The van der Waals surface area contributed by atoms with Crippen LogP contribution in [-0.2, 0) is 16.1 Å². The first-order chi connectivity index (χ1) is 8.29. The predicted octanol–water partition coefficient (Wildman–Crippen LogP) is 1.26. The second-order valence-corrected chi connectivity index (χ2v) is 4.41. The van der Waals surface area contributed by atoms with Gasteiger partial charge in [-0.25, -0.2) is 0 Å². The zero-order chi connectivity index (χ0) is 12.1. The molecule has 17 heavy (non-hydrogen) atoms. The van der Waals surface area contributed by atoms with Gasteiger partial charge in [0.25, 0.3) is 0 Å². The molecule has 94 valence electrons. The van der Waals surface area contributed by atoms with Gasteiger partial charge in [-0.2, -0.15) is 5.10 Å². The molecule has 0 amide bonds. The molecule has 1 heterocycles. The van der Waals surface area contributed by atoms with Gasteiger partial charge < -0.3 is 10.1 Å². The van der Waals surface area contributed by atoms with Crippen molar-refractivity contribution in [2.75, 3.05) is 13.7 Å². The van der Waals surface area contributed by atoms with Crippen molar-refractivity contribution in [1.82, 2.24) is 15.1 Å². The lowest BCUT2D eigenvalue weighted by Gasteiger charge is -2.08. The number of hydrogen-bond donors (Lipinski definition) is 1. The molecule has 5 heteroatoms. The van der Waals surface area contributed by atoms with Crippen molar-refractivity contribution in [3.63, 3.8) is 0 Å². The summed E-state index contributed by atoms with van der Waals surface area (Å²) in [6.07, 6.45) is 7.11. The number of carbonyl (C=O) groups is 1. The van der Waals surface area contributed by atoms with Gasteiger partial charge in [0.05, 0.1) is 25.4 Å². The molecule has 0 bridgehead atoms. The fourth-order valence-corrected chi connectivity index (χ4v) is 2.21. The maximum Gasteiger partial charge on any atom is 0.319 e. The van der Waals surface area contributed by atoms with Gasteiger partial charge in [0.1, 0.15) is 0 Å². The number of esters is 1. The zero-order valence-corrected chi connectivity index (χ0v) is 10.2. The Hall–Kier alpha value is -1.36. The highest BCUT2D eigenvalue weighted by Crippen LogP contribution is 2.28. The highest BCUT2D eigenvalue weighted by atomic mass is 16.5. The Kier molecular flexibility index (Phi) is 4.14. The van der Waals surface area contributed by atoms with E-state index < -0.39 is 0 Å². The number of aromatic nitrogens is 2. The molecule has 0 radical (unpaired) electrons. The molecule has 0 aliphatic heterocycles. The lowest BCUT2D eigenvalue weighted by molar-refractivity contribution is -0.139. The van der Waals surface area contributed by atoms with Crippen LogP contribution in [-0.4, -0.2) is 29.4 Å². The van der Waals surface area contributed by atoms with Gasteiger partial charge in [-0.15, -0.1) is 0 Å². The lowest BCUT2D eigenvalue weighted by atomic mass is 10.3. The molecule has 0 saturated heterocycles. The maximum absolute atomic E-state index is 10.9. The number of nitrogens with one attached hydrogen (secondary N) is 1. The molecule has 1 aliphatic rings. The molecule has 1 fully saturated rings. The highest BCUT2D eigenvalue weighted by Gasteiger charge is 2.17. The highest BCUT2D eigenvalue weighted by molar-refractivity contribution is 5.71. The summed E-state index contributed by atoms with van der Waals surface area (Å²) in [6.45, 7) is 0.835. The summed E-state index contributed by atoms with van der Waals surface area (Å²) in [5, 5.41) is 7.52. The van der Waals surface area contributed by atoms with Crippen molar-refractivity contribution in [2.45, 2.75) is 38.3 Å². The Bertz CT molecular complexity index is 370. The Morgan fingerprint density at radius 1 is 1.59 bits per heavy atom.